The van der Waals surface area contributed by atoms with E-state index in [9.17, 15) is 4.79 Å². The SMILES string of the molecule is CCCCN(CCCC)CC(=O)N(C)c1ccc(N)cc1. The summed E-state index contributed by atoms with van der Waals surface area (Å²) in [6.07, 6.45) is 4.60. The fourth-order valence-electron chi connectivity index (χ4n) is 2.17. The molecule has 0 saturated carbocycles. The van der Waals surface area contributed by atoms with Crippen molar-refractivity contribution in [3.05, 3.63) is 24.3 Å². The van der Waals surface area contributed by atoms with E-state index in [0.717, 1.165) is 44.5 Å². The van der Waals surface area contributed by atoms with Crippen LogP contribution in [0.15, 0.2) is 24.3 Å². The molecule has 0 saturated heterocycles. The molecule has 0 heterocycles. The van der Waals surface area contributed by atoms with Crippen molar-refractivity contribution in [1.29, 1.82) is 0 Å². The van der Waals surface area contributed by atoms with E-state index in [2.05, 4.69) is 18.7 Å². The monoisotopic (exact) mass is 291 g/mol. The smallest absolute Gasteiger partial charge is 0.240 e. The Morgan fingerprint density at radius 1 is 1.05 bits per heavy atom. The van der Waals surface area contributed by atoms with Crippen molar-refractivity contribution in [2.75, 3.05) is 37.3 Å². The Hall–Kier alpha value is -1.55. The highest BCUT2D eigenvalue weighted by atomic mass is 16.2. The Balaban J connectivity index is 2.59. The van der Waals surface area contributed by atoms with Gasteiger partial charge in [-0.05, 0) is 50.2 Å². The van der Waals surface area contributed by atoms with Gasteiger partial charge in [-0.1, -0.05) is 26.7 Å². The molecule has 118 valence electrons. The van der Waals surface area contributed by atoms with Gasteiger partial charge in [0.05, 0.1) is 6.54 Å². The van der Waals surface area contributed by atoms with Crippen molar-refractivity contribution in [3.63, 3.8) is 0 Å². The zero-order valence-electron chi connectivity index (χ0n) is 13.6. The van der Waals surface area contributed by atoms with Crippen molar-refractivity contribution in [1.82, 2.24) is 4.90 Å². The van der Waals surface area contributed by atoms with Crippen LogP contribution in [0.1, 0.15) is 39.5 Å². The van der Waals surface area contributed by atoms with E-state index < -0.39 is 0 Å². The number of carbonyl (C=O) groups is 1. The van der Waals surface area contributed by atoms with E-state index in [0.29, 0.717) is 12.2 Å². The van der Waals surface area contributed by atoms with Crippen LogP contribution >= 0.6 is 0 Å². The van der Waals surface area contributed by atoms with Crippen LogP contribution in [0.2, 0.25) is 0 Å². The number of carbonyl (C=O) groups excluding carboxylic acids is 1. The summed E-state index contributed by atoms with van der Waals surface area (Å²) >= 11 is 0. The minimum absolute atomic E-state index is 0.131. The van der Waals surface area contributed by atoms with Crippen LogP contribution in [0.3, 0.4) is 0 Å². The van der Waals surface area contributed by atoms with Crippen molar-refractivity contribution >= 4 is 17.3 Å². The molecular formula is C17H29N3O. The summed E-state index contributed by atoms with van der Waals surface area (Å²) in [5.74, 6) is 0.131. The number of rotatable bonds is 9. The van der Waals surface area contributed by atoms with Crippen molar-refractivity contribution < 1.29 is 4.79 Å². The van der Waals surface area contributed by atoms with Crippen molar-refractivity contribution in [3.8, 4) is 0 Å². The maximum absolute atomic E-state index is 12.4. The number of nitrogen functional groups attached to an aromatic ring is 1. The fraction of sp³-hybridized carbons (Fsp3) is 0.588. The first-order chi connectivity index (χ1) is 10.1. The minimum atomic E-state index is 0.131. The van der Waals surface area contributed by atoms with Crippen LogP contribution in [-0.2, 0) is 4.79 Å². The van der Waals surface area contributed by atoms with Gasteiger partial charge in [-0.3, -0.25) is 9.69 Å². The molecule has 1 amide bonds. The highest BCUT2D eigenvalue weighted by Crippen LogP contribution is 2.15. The molecule has 4 nitrogen and oxygen atoms in total. The summed E-state index contributed by atoms with van der Waals surface area (Å²) < 4.78 is 0. The normalized spacial score (nSPS) is 10.9. The number of anilines is 2. The fourth-order valence-corrected chi connectivity index (χ4v) is 2.17. The number of likely N-dealkylation sites (N-methyl/N-ethyl adjacent to an activating group) is 1. The number of amides is 1. The first-order valence-corrected chi connectivity index (χ1v) is 7.93. The molecule has 0 bridgehead atoms. The van der Waals surface area contributed by atoms with Crippen LogP contribution in [-0.4, -0.2) is 37.5 Å². The predicted octanol–water partition coefficient (Wildman–Crippen LogP) is 3.13. The van der Waals surface area contributed by atoms with E-state index >= 15 is 0 Å². The van der Waals surface area contributed by atoms with E-state index in [-0.39, 0.29) is 5.91 Å². The van der Waals surface area contributed by atoms with Gasteiger partial charge in [0.25, 0.3) is 0 Å². The highest BCUT2D eigenvalue weighted by molar-refractivity contribution is 5.94. The minimum Gasteiger partial charge on any atom is -0.399 e. The second kappa shape index (κ2) is 9.40. The maximum Gasteiger partial charge on any atom is 0.240 e. The highest BCUT2D eigenvalue weighted by Gasteiger charge is 2.15. The molecule has 0 aromatic heterocycles. The summed E-state index contributed by atoms with van der Waals surface area (Å²) in [7, 11) is 1.83. The number of benzene rings is 1. The Labute approximate surface area is 128 Å². The molecule has 1 aromatic carbocycles. The van der Waals surface area contributed by atoms with Crippen LogP contribution in [0.25, 0.3) is 0 Å². The lowest BCUT2D eigenvalue weighted by Gasteiger charge is -2.25. The van der Waals surface area contributed by atoms with Gasteiger partial charge in [0, 0.05) is 18.4 Å². The Morgan fingerprint density at radius 2 is 1.57 bits per heavy atom. The molecule has 0 radical (unpaired) electrons. The van der Waals surface area contributed by atoms with Crippen molar-refractivity contribution in [2.45, 2.75) is 39.5 Å². The number of hydrogen-bond donors (Lipinski definition) is 1. The third-order valence-electron chi connectivity index (χ3n) is 3.67. The quantitative estimate of drug-likeness (QED) is 0.711. The third-order valence-corrected chi connectivity index (χ3v) is 3.67. The molecule has 0 atom stereocenters. The van der Waals surface area contributed by atoms with E-state index in [1.54, 1.807) is 4.90 Å². The number of hydrogen-bond acceptors (Lipinski definition) is 3. The second-order valence-electron chi connectivity index (χ2n) is 5.53. The third kappa shape index (κ3) is 6.17. The molecule has 1 rings (SSSR count). The largest absolute Gasteiger partial charge is 0.399 e. The maximum atomic E-state index is 12.4. The molecule has 4 heteroatoms. The zero-order chi connectivity index (χ0) is 15.7. The molecule has 21 heavy (non-hydrogen) atoms. The van der Waals surface area contributed by atoms with Gasteiger partial charge in [-0.15, -0.1) is 0 Å². The molecule has 0 aliphatic heterocycles. The number of nitrogens with zero attached hydrogens (tertiary/aromatic N) is 2. The lowest BCUT2D eigenvalue weighted by Crippen LogP contribution is -2.39. The summed E-state index contributed by atoms with van der Waals surface area (Å²) in [6, 6.07) is 7.42. The van der Waals surface area contributed by atoms with Crippen LogP contribution in [0.4, 0.5) is 11.4 Å². The van der Waals surface area contributed by atoms with Gasteiger partial charge >= 0.3 is 0 Å². The van der Waals surface area contributed by atoms with E-state index in [4.69, 9.17) is 5.73 Å². The average molecular weight is 291 g/mol. The topological polar surface area (TPSA) is 49.6 Å². The Morgan fingerprint density at radius 3 is 2.05 bits per heavy atom. The van der Waals surface area contributed by atoms with Crippen LogP contribution < -0.4 is 10.6 Å². The average Bonchev–Trinajstić information content (AvgIpc) is 2.49. The van der Waals surface area contributed by atoms with Crippen LogP contribution in [0.5, 0.6) is 0 Å². The van der Waals surface area contributed by atoms with Gasteiger partial charge in [-0.2, -0.15) is 0 Å². The first kappa shape index (κ1) is 17.5. The molecule has 0 fully saturated rings. The molecule has 1 aromatic rings. The lowest BCUT2D eigenvalue weighted by molar-refractivity contribution is -0.119. The van der Waals surface area contributed by atoms with Gasteiger partial charge in [-0.25, -0.2) is 0 Å². The summed E-state index contributed by atoms with van der Waals surface area (Å²) in [4.78, 5) is 16.4. The summed E-state index contributed by atoms with van der Waals surface area (Å²) in [5, 5.41) is 0. The van der Waals surface area contributed by atoms with E-state index in [1.165, 1.54) is 0 Å². The van der Waals surface area contributed by atoms with Crippen LogP contribution in [0, 0.1) is 0 Å². The number of nitrogens with two attached hydrogens (primary N) is 1. The summed E-state index contributed by atoms with van der Waals surface area (Å²) in [6.45, 7) is 6.84. The van der Waals surface area contributed by atoms with Gasteiger partial charge in [0.15, 0.2) is 0 Å². The number of unbranched alkanes of at least 4 members (excludes halogenated alkanes) is 2. The first-order valence-electron chi connectivity index (χ1n) is 7.93. The zero-order valence-corrected chi connectivity index (χ0v) is 13.6. The molecule has 0 unspecified atom stereocenters. The van der Waals surface area contributed by atoms with Gasteiger partial charge in [0.2, 0.25) is 5.91 Å². The summed E-state index contributed by atoms with van der Waals surface area (Å²) in [5.41, 5.74) is 7.29. The molecule has 0 spiro atoms. The predicted molar refractivity (Wildman–Crippen MR) is 90.5 cm³/mol. The Kier molecular flexibility index (Phi) is 7.83. The Bertz CT molecular complexity index is 409. The molecule has 2 N–H and O–H groups in total. The molecule has 0 aliphatic rings. The standard InChI is InChI=1S/C17H29N3O/c1-4-6-12-20(13-7-5-2)14-17(21)19(3)16-10-8-15(18)9-11-16/h8-11H,4-7,12-14,18H2,1-3H3. The lowest BCUT2D eigenvalue weighted by atomic mass is 10.2. The van der Waals surface area contributed by atoms with E-state index in [1.807, 2.05) is 31.3 Å². The molecule has 0 aliphatic carbocycles. The molecular weight excluding hydrogens is 262 g/mol. The van der Waals surface area contributed by atoms with Gasteiger partial charge in [0.1, 0.15) is 0 Å². The van der Waals surface area contributed by atoms with Crippen molar-refractivity contribution in [2.24, 2.45) is 0 Å². The second-order valence-corrected chi connectivity index (χ2v) is 5.53. The van der Waals surface area contributed by atoms with Gasteiger partial charge < -0.3 is 10.6 Å².